The maximum absolute atomic E-state index is 15.0. The zero-order valence-corrected chi connectivity index (χ0v) is 15.3. The van der Waals surface area contributed by atoms with E-state index in [4.69, 9.17) is 16.3 Å². The maximum Gasteiger partial charge on any atom is 0.252 e. The van der Waals surface area contributed by atoms with Crippen LogP contribution in [0.15, 0.2) is 18.2 Å². The van der Waals surface area contributed by atoms with Crippen LogP contribution in [0.1, 0.15) is 48.9 Å². The van der Waals surface area contributed by atoms with E-state index in [-0.39, 0.29) is 55.7 Å². The van der Waals surface area contributed by atoms with Crippen molar-refractivity contribution in [1.82, 2.24) is 5.32 Å². The van der Waals surface area contributed by atoms with Crippen molar-refractivity contribution >= 4 is 17.5 Å². The molecule has 1 amide bonds. The van der Waals surface area contributed by atoms with Gasteiger partial charge in [-0.05, 0) is 42.9 Å². The summed E-state index contributed by atoms with van der Waals surface area (Å²) in [5, 5.41) is 2.97. The molecule has 5 rings (SSSR count). The maximum atomic E-state index is 15.0. The SMILES string of the molecule is [11CH3]Oc1ccc(Cl)c(C(=O)NCC23CC4(F)CC(F)(CC(F)(C4)C2)C3)c1. The van der Waals surface area contributed by atoms with Crippen LogP contribution in [0, 0.1) is 5.41 Å². The summed E-state index contributed by atoms with van der Waals surface area (Å²) in [5.41, 5.74) is -6.15. The van der Waals surface area contributed by atoms with Crippen molar-refractivity contribution in [3.8, 4) is 5.75 Å². The molecule has 0 saturated heterocycles. The molecule has 0 unspecified atom stereocenters. The van der Waals surface area contributed by atoms with Crippen molar-refractivity contribution in [3.05, 3.63) is 28.8 Å². The van der Waals surface area contributed by atoms with Crippen LogP contribution in [0.25, 0.3) is 0 Å². The lowest BCUT2D eigenvalue weighted by Crippen LogP contribution is -2.67. The zero-order valence-electron chi connectivity index (χ0n) is 14.5. The summed E-state index contributed by atoms with van der Waals surface area (Å²) in [5.74, 6) is 0.0147. The average molecular weight is 387 g/mol. The Kier molecular flexibility index (Phi) is 3.82. The standard InChI is InChI=1S/C19H21ClF3NO2/c1-26-12-2-3-14(20)13(4-12)15(25)24-11-16-5-17(21)8-18(22,6-16)10-19(23,7-16)9-17/h2-4H,5-11H2,1H3,(H,24,25)/i1-1. The first-order valence-electron chi connectivity index (χ1n) is 8.76. The van der Waals surface area contributed by atoms with Crippen LogP contribution in [0.5, 0.6) is 5.75 Å². The number of hydrogen-bond acceptors (Lipinski definition) is 2. The predicted molar refractivity (Wildman–Crippen MR) is 92.0 cm³/mol. The van der Waals surface area contributed by atoms with Crippen LogP contribution < -0.4 is 10.1 Å². The molecule has 4 saturated carbocycles. The monoisotopic (exact) mass is 386 g/mol. The molecule has 0 aliphatic heterocycles. The molecule has 4 aliphatic carbocycles. The number of amides is 1. The fourth-order valence-corrected chi connectivity index (χ4v) is 6.03. The molecule has 0 radical (unpaired) electrons. The fourth-order valence-electron chi connectivity index (χ4n) is 5.83. The van der Waals surface area contributed by atoms with Crippen LogP contribution in [-0.2, 0) is 0 Å². The van der Waals surface area contributed by atoms with Crippen molar-refractivity contribution in [1.29, 1.82) is 0 Å². The van der Waals surface area contributed by atoms with Crippen LogP contribution in [-0.4, -0.2) is 36.6 Å². The third kappa shape index (κ3) is 2.96. The van der Waals surface area contributed by atoms with Crippen LogP contribution in [0.2, 0.25) is 5.02 Å². The first-order chi connectivity index (χ1) is 12.1. The van der Waals surface area contributed by atoms with Crippen LogP contribution in [0.3, 0.4) is 0 Å². The molecule has 4 bridgehead atoms. The van der Waals surface area contributed by atoms with Gasteiger partial charge in [-0.2, -0.15) is 0 Å². The fraction of sp³-hybridized carbons (Fsp3) is 0.632. The van der Waals surface area contributed by atoms with Gasteiger partial charge < -0.3 is 10.1 Å². The Morgan fingerprint density at radius 1 is 1.08 bits per heavy atom. The minimum Gasteiger partial charge on any atom is -0.497 e. The molecule has 0 aromatic heterocycles. The van der Waals surface area contributed by atoms with Gasteiger partial charge in [0, 0.05) is 25.8 Å². The number of alkyl halides is 3. The highest BCUT2D eigenvalue weighted by molar-refractivity contribution is 6.33. The van der Waals surface area contributed by atoms with E-state index in [1.165, 1.54) is 13.2 Å². The molecular formula is C19H21ClF3NO2. The number of nitrogens with one attached hydrogen (secondary N) is 1. The summed E-state index contributed by atoms with van der Waals surface area (Å²) in [6.07, 6.45) is -0.439. The number of carbonyl (C=O) groups excluding carboxylic acids is 1. The van der Waals surface area contributed by atoms with Gasteiger partial charge in [-0.25, -0.2) is 13.2 Å². The van der Waals surface area contributed by atoms with E-state index in [9.17, 15) is 18.0 Å². The Labute approximate surface area is 155 Å². The Morgan fingerprint density at radius 2 is 1.62 bits per heavy atom. The van der Waals surface area contributed by atoms with Crippen molar-refractivity contribution in [2.24, 2.45) is 5.41 Å². The molecule has 0 heterocycles. The molecule has 4 fully saturated rings. The molecule has 4 aliphatic rings. The van der Waals surface area contributed by atoms with Crippen LogP contribution >= 0.6 is 11.6 Å². The normalized spacial score (nSPS) is 40.5. The molecule has 3 nitrogen and oxygen atoms in total. The molecule has 1 aromatic carbocycles. The van der Waals surface area contributed by atoms with E-state index in [0.29, 0.717) is 5.75 Å². The highest BCUT2D eigenvalue weighted by Gasteiger charge is 2.70. The van der Waals surface area contributed by atoms with Crippen molar-refractivity contribution in [3.63, 3.8) is 0 Å². The molecule has 26 heavy (non-hydrogen) atoms. The summed E-state index contributed by atoms with van der Waals surface area (Å²) in [6.45, 7) is 0.0301. The Bertz CT molecular complexity index is 718. The van der Waals surface area contributed by atoms with Gasteiger partial charge >= 0.3 is 0 Å². The van der Waals surface area contributed by atoms with E-state index >= 15 is 0 Å². The van der Waals surface area contributed by atoms with E-state index < -0.39 is 28.3 Å². The van der Waals surface area contributed by atoms with Crippen molar-refractivity contribution < 1.29 is 22.7 Å². The summed E-state index contributed by atoms with van der Waals surface area (Å²) in [6, 6.07) is 4.68. The lowest BCUT2D eigenvalue weighted by atomic mass is 9.46. The molecule has 142 valence electrons. The molecule has 0 spiro atoms. The summed E-state index contributed by atoms with van der Waals surface area (Å²) >= 11 is 6.07. The molecule has 7 heteroatoms. The minimum atomic E-state index is -1.82. The second-order valence-electron chi connectivity index (χ2n) is 8.54. The Morgan fingerprint density at radius 3 is 2.12 bits per heavy atom. The second-order valence-corrected chi connectivity index (χ2v) is 8.95. The number of ether oxygens (including phenoxy) is 1. The number of halogens is 4. The number of rotatable bonds is 4. The third-order valence-electron chi connectivity index (χ3n) is 6.02. The summed E-state index contributed by atoms with van der Waals surface area (Å²) in [4.78, 5) is 12.5. The smallest absolute Gasteiger partial charge is 0.252 e. The largest absolute Gasteiger partial charge is 0.497 e. The van der Waals surface area contributed by atoms with Gasteiger partial charge in [0.05, 0.1) is 17.7 Å². The van der Waals surface area contributed by atoms with Gasteiger partial charge in [0.1, 0.15) is 22.8 Å². The third-order valence-corrected chi connectivity index (χ3v) is 6.35. The number of benzene rings is 1. The number of carbonyl (C=O) groups is 1. The van der Waals surface area contributed by atoms with Gasteiger partial charge in [0.2, 0.25) is 0 Å². The first kappa shape index (κ1) is 18.0. The van der Waals surface area contributed by atoms with Crippen molar-refractivity contribution in [2.45, 2.75) is 55.5 Å². The van der Waals surface area contributed by atoms with Gasteiger partial charge in [0.25, 0.3) is 5.91 Å². The molecular weight excluding hydrogens is 366 g/mol. The van der Waals surface area contributed by atoms with E-state index in [2.05, 4.69) is 5.32 Å². The number of methoxy groups -OCH3 is 1. The lowest BCUT2D eigenvalue weighted by molar-refractivity contribution is -0.214. The molecule has 1 N–H and O–H groups in total. The average Bonchev–Trinajstić information content (AvgIpc) is 2.48. The highest BCUT2D eigenvalue weighted by atomic mass is 35.5. The Balaban J connectivity index is 1.54. The lowest BCUT2D eigenvalue weighted by Gasteiger charge is -2.63. The highest BCUT2D eigenvalue weighted by Crippen LogP contribution is 2.67. The quantitative estimate of drug-likeness (QED) is 0.823. The van der Waals surface area contributed by atoms with Gasteiger partial charge in [-0.15, -0.1) is 0 Å². The summed E-state index contributed by atoms with van der Waals surface area (Å²) < 4.78 is 50.1. The first-order valence-corrected chi connectivity index (χ1v) is 9.14. The topological polar surface area (TPSA) is 38.3 Å². The summed E-state index contributed by atoms with van der Waals surface area (Å²) in [7, 11) is 1.47. The minimum absolute atomic E-state index is 0.0301. The zero-order chi connectivity index (χ0) is 18.8. The van der Waals surface area contributed by atoms with Crippen molar-refractivity contribution in [2.75, 3.05) is 13.7 Å². The van der Waals surface area contributed by atoms with E-state index in [0.717, 1.165) is 0 Å². The molecule has 1 aromatic rings. The van der Waals surface area contributed by atoms with Crippen LogP contribution in [0.4, 0.5) is 13.2 Å². The molecule has 0 atom stereocenters. The van der Waals surface area contributed by atoms with Gasteiger partial charge in [-0.1, -0.05) is 11.6 Å². The second kappa shape index (κ2) is 5.54. The van der Waals surface area contributed by atoms with Gasteiger partial charge in [-0.3, -0.25) is 4.79 Å². The van der Waals surface area contributed by atoms with E-state index in [1.807, 2.05) is 0 Å². The van der Waals surface area contributed by atoms with Gasteiger partial charge in [0.15, 0.2) is 0 Å². The predicted octanol–water partition coefficient (Wildman–Crippen LogP) is 4.57. The Hall–Kier alpha value is -1.43. The number of hydrogen-bond donors (Lipinski definition) is 1. The van der Waals surface area contributed by atoms with E-state index in [1.54, 1.807) is 12.1 Å².